The number of thiophene rings is 1. The van der Waals surface area contributed by atoms with Crippen molar-refractivity contribution in [3.63, 3.8) is 0 Å². The van der Waals surface area contributed by atoms with E-state index >= 15 is 0 Å². The molecule has 1 aliphatic rings. The Kier molecular flexibility index (Phi) is 5.57. The Labute approximate surface area is 125 Å². The second-order valence-electron chi connectivity index (χ2n) is 5.64. The van der Waals surface area contributed by atoms with E-state index in [1.165, 1.54) is 10.4 Å². The smallest absolute Gasteiger partial charge is 0.224 e. The van der Waals surface area contributed by atoms with Crippen LogP contribution in [0.5, 0.6) is 0 Å². The van der Waals surface area contributed by atoms with E-state index in [1.54, 1.807) is 0 Å². The number of hydrogen-bond donors (Lipinski definition) is 2. The van der Waals surface area contributed by atoms with Crippen LogP contribution >= 0.6 is 11.3 Å². The lowest BCUT2D eigenvalue weighted by Crippen LogP contribution is -2.45. The maximum absolute atomic E-state index is 11.9. The van der Waals surface area contributed by atoms with Crippen molar-refractivity contribution in [1.29, 1.82) is 0 Å². The van der Waals surface area contributed by atoms with Crippen molar-refractivity contribution in [2.24, 2.45) is 5.92 Å². The van der Waals surface area contributed by atoms with Gasteiger partial charge in [-0.2, -0.15) is 0 Å². The molecule has 0 aromatic carbocycles. The number of hydrogen-bond acceptors (Lipinski definition) is 4. The molecule has 1 aliphatic heterocycles. The second kappa shape index (κ2) is 7.20. The predicted molar refractivity (Wildman–Crippen MR) is 84.0 cm³/mol. The van der Waals surface area contributed by atoms with Gasteiger partial charge in [0.25, 0.3) is 0 Å². The van der Waals surface area contributed by atoms with Crippen molar-refractivity contribution in [3.05, 3.63) is 21.9 Å². The number of carbonyl (C=O) groups is 1. The lowest BCUT2D eigenvalue weighted by molar-refractivity contribution is -0.124. The highest BCUT2D eigenvalue weighted by atomic mass is 32.1. The van der Waals surface area contributed by atoms with Gasteiger partial charge in [-0.25, -0.2) is 0 Å². The van der Waals surface area contributed by atoms with Crippen molar-refractivity contribution in [3.8, 4) is 0 Å². The summed E-state index contributed by atoms with van der Waals surface area (Å²) in [4.78, 5) is 15.9. The van der Waals surface area contributed by atoms with Crippen LogP contribution in [-0.4, -0.2) is 43.5 Å². The van der Waals surface area contributed by atoms with Crippen molar-refractivity contribution >= 4 is 17.2 Å². The number of nitrogens with one attached hydrogen (secondary N) is 2. The van der Waals surface area contributed by atoms with Gasteiger partial charge in [-0.1, -0.05) is 6.92 Å². The average Bonchev–Trinajstić information content (AvgIpc) is 2.91. The molecule has 0 fully saturated rings. The Morgan fingerprint density at radius 1 is 1.45 bits per heavy atom. The highest BCUT2D eigenvalue weighted by Crippen LogP contribution is 2.24. The van der Waals surface area contributed by atoms with Crippen molar-refractivity contribution in [2.45, 2.75) is 32.9 Å². The van der Waals surface area contributed by atoms with Gasteiger partial charge < -0.3 is 10.6 Å². The molecule has 0 aliphatic carbocycles. The number of rotatable bonds is 6. The van der Waals surface area contributed by atoms with Crippen molar-refractivity contribution in [1.82, 2.24) is 15.5 Å². The molecule has 1 aromatic heterocycles. The fourth-order valence-electron chi connectivity index (χ4n) is 2.60. The van der Waals surface area contributed by atoms with Crippen LogP contribution in [0.2, 0.25) is 0 Å². The van der Waals surface area contributed by atoms with E-state index in [4.69, 9.17) is 0 Å². The Balaban J connectivity index is 1.78. The largest absolute Gasteiger partial charge is 0.354 e. The van der Waals surface area contributed by atoms with Crippen molar-refractivity contribution in [2.75, 3.05) is 26.7 Å². The van der Waals surface area contributed by atoms with Crippen molar-refractivity contribution < 1.29 is 4.79 Å². The highest BCUT2D eigenvalue weighted by Gasteiger charge is 2.22. The van der Waals surface area contributed by atoms with Crippen LogP contribution in [0.25, 0.3) is 0 Å². The number of amides is 1. The summed E-state index contributed by atoms with van der Waals surface area (Å²) in [6, 6.07) is 2.61. The third-order valence-corrected chi connectivity index (χ3v) is 5.01. The predicted octanol–water partition coefficient (Wildman–Crippen LogP) is 1.47. The quantitative estimate of drug-likeness (QED) is 0.835. The summed E-state index contributed by atoms with van der Waals surface area (Å²) in [5, 5.41) is 8.28. The first-order valence-electron chi connectivity index (χ1n) is 7.33. The third kappa shape index (κ3) is 3.81. The molecule has 4 nitrogen and oxygen atoms in total. The molecule has 20 heavy (non-hydrogen) atoms. The molecule has 1 aromatic rings. The molecule has 2 atom stereocenters. The van der Waals surface area contributed by atoms with E-state index < -0.39 is 0 Å². The minimum Gasteiger partial charge on any atom is -0.354 e. The molecular weight excluding hydrogens is 270 g/mol. The normalized spacial score (nSPS) is 18.4. The SMILES string of the molecule is CNCC(C)C(=O)NCC(C)N1CCc2sccc2C1. The van der Waals surface area contributed by atoms with Gasteiger partial charge in [0, 0.05) is 43.0 Å². The summed E-state index contributed by atoms with van der Waals surface area (Å²) in [7, 11) is 1.87. The molecule has 1 amide bonds. The lowest BCUT2D eigenvalue weighted by Gasteiger charge is -2.32. The van der Waals surface area contributed by atoms with E-state index in [0.717, 1.165) is 32.6 Å². The summed E-state index contributed by atoms with van der Waals surface area (Å²) < 4.78 is 0. The van der Waals surface area contributed by atoms with Gasteiger partial charge in [-0.05, 0) is 37.4 Å². The molecule has 2 unspecified atom stereocenters. The van der Waals surface area contributed by atoms with E-state index in [0.29, 0.717) is 6.04 Å². The van der Waals surface area contributed by atoms with Crippen LogP contribution in [0.1, 0.15) is 24.3 Å². The molecule has 5 heteroatoms. The van der Waals surface area contributed by atoms with Gasteiger partial charge in [-0.3, -0.25) is 9.69 Å². The first-order valence-corrected chi connectivity index (χ1v) is 8.21. The van der Waals surface area contributed by atoms with Crippen LogP contribution in [-0.2, 0) is 17.8 Å². The van der Waals surface area contributed by atoms with Gasteiger partial charge >= 0.3 is 0 Å². The lowest BCUT2D eigenvalue weighted by atomic mass is 10.1. The van der Waals surface area contributed by atoms with E-state index in [2.05, 4.69) is 33.9 Å². The Bertz CT molecular complexity index is 446. The van der Waals surface area contributed by atoms with Gasteiger partial charge in [-0.15, -0.1) is 11.3 Å². The van der Waals surface area contributed by atoms with E-state index in [1.807, 2.05) is 25.3 Å². The second-order valence-corrected chi connectivity index (χ2v) is 6.64. The third-order valence-electron chi connectivity index (χ3n) is 3.99. The fourth-order valence-corrected chi connectivity index (χ4v) is 3.49. The van der Waals surface area contributed by atoms with Crippen LogP contribution in [0.4, 0.5) is 0 Å². The summed E-state index contributed by atoms with van der Waals surface area (Å²) in [5.41, 5.74) is 1.46. The Hall–Kier alpha value is -0.910. The summed E-state index contributed by atoms with van der Waals surface area (Å²) >= 11 is 1.86. The molecule has 0 saturated carbocycles. The molecule has 112 valence electrons. The van der Waals surface area contributed by atoms with Crippen LogP contribution in [0, 0.1) is 5.92 Å². The molecule has 0 spiro atoms. The number of fused-ring (bicyclic) bond motifs is 1. The number of nitrogens with zero attached hydrogens (tertiary/aromatic N) is 1. The molecular formula is C15H25N3OS. The van der Waals surface area contributed by atoms with Gasteiger partial charge in [0.15, 0.2) is 0 Å². The first kappa shape index (κ1) is 15.5. The molecule has 0 saturated heterocycles. The maximum atomic E-state index is 11.9. The minimum absolute atomic E-state index is 0.0250. The average molecular weight is 295 g/mol. The topological polar surface area (TPSA) is 44.4 Å². The molecule has 0 bridgehead atoms. The Morgan fingerprint density at radius 2 is 2.25 bits per heavy atom. The summed E-state index contributed by atoms with van der Waals surface area (Å²) in [6.45, 7) is 7.71. The summed E-state index contributed by atoms with van der Waals surface area (Å²) in [5.74, 6) is 0.163. The van der Waals surface area contributed by atoms with Crippen LogP contribution in [0.15, 0.2) is 11.4 Å². The zero-order valence-electron chi connectivity index (χ0n) is 12.6. The minimum atomic E-state index is 0.0250. The summed E-state index contributed by atoms with van der Waals surface area (Å²) in [6.07, 6.45) is 1.14. The fraction of sp³-hybridized carbons (Fsp3) is 0.667. The number of carbonyl (C=O) groups excluding carboxylic acids is 1. The Morgan fingerprint density at radius 3 is 3.00 bits per heavy atom. The van der Waals surface area contributed by atoms with E-state index in [9.17, 15) is 4.79 Å². The molecule has 2 heterocycles. The first-order chi connectivity index (χ1) is 9.61. The molecule has 2 N–H and O–H groups in total. The maximum Gasteiger partial charge on any atom is 0.224 e. The zero-order chi connectivity index (χ0) is 14.5. The van der Waals surface area contributed by atoms with E-state index in [-0.39, 0.29) is 11.8 Å². The van der Waals surface area contributed by atoms with Crippen LogP contribution < -0.4 is 10.6 Å². The monoisotopic (exact) mass is 295 g/mol. The highest BCUT2D eigenvalue weighted by molar-refractivity contribution is 7.10. The molecule has 2 rings (SSSR count). The zero-order valence-corrected chi connectivity index (χ0v) is 13.4. The molecule has 0 radical (unpaired) electrons. The van der Waals surface area contributed by atoms with Gasteiger partial charge in [0.05, 0.1) is 0 Å². The standard InChI is InChI=1S/C15H25N3OS/c1-11(8-16-3)15(19)17-9-12(2)18-6-4-14-13(10-18)5-7-20-14/h5,7,11-12,16H,4,6,8-10H2,1-3H3,(H,17,19). The van der Waals surface area contributed by atoms with Gasteiger partial charge in [0.2, 0.25) is 5.91 Å². The van der Waals surface area contributed by atoms with Gasteiger partial charge in [0.1, 0.15) is 0 Å². The van der Waals surface area contributed by atoms with Crippen LogP contribution in [0.3, 0.4) is 0 Å².